The highest BCUT2D eigenvalue weighted by Gasteiger charge is 2.27. The Morgan fingerprint density at radius 3 is 2.90 bits per heavy atom. The van der Waals surface area contributed by atoms with E-state index < -0.39 is 0 Å². The maximum atomic E-state index is 12.1. The monoisotopic (exact) mass is 277 g/mol. The van der Waals surface area contributed by atoms with E-state index in [1.54, 1.807) is 0 Å². The third-order valence-electron chi connectivity index (χ3n) is 3.73. The minimum absolute atomic E-state index is 0.0707. The van der Waals surface area contributed by atoms with E-state index in [2.05, 4.69) is 0 Å². The standard InChI is InChI=1S/C16H23NO3/c18-11-5-9-15-8-4-10-17(15)16(19)13-20-12-14-6-2-1-3-7-14/h1-3,6-7,15,18H,4-5,8-13H2. The van der Waals surface area contributed by atoms with Gasteiger partial charge in [-0.15, -0.1) is 0 Å². The number of aliphatic hydroxyl groups excluding tert-OH is 1. The van der Waals surface area contributed by atoms with Crippen molar-refractivity contribution in [3.8, 4) is 0 Å². The number of ether oxygens (including phenoxy) is 1. The molecule has 2 rings (SSSR count). The maximum Gasteiger partial charge on any atom is 0.248 e. The van der Waals surface area contributed by atoms with Crippen molar-refractivity contribution in [1.82, 2.24) is 4.90 Å². The molecule has 1 amide bonds. The van der Waals surface area contributed by atoms with Crippen LogP contribution < -0.4 is 0 Å². The van der Waals surface area contributed by atoms with E-state index in [0.29, 0.717) is 6.61 Å². The van der Waals surface area contributed by atoms with E-state index >= 15 is 0 Å². The van der Waals surface area contributed by atoms with E-state index in [1.165, 1.54) is 0 Å². The van der Waals surface area contributed by atoms with Crippen molar-refractivity contribution in [1.29, 1.82) is 0 Å². The molecule has 1 N–H and O–H groups in total. The van der Waals surface area contributed by atoms with Crippen LogP contribution in [0.1, 0.15) is 31.2 Å². The summed E-state index contributed by atoms with van der Waals surface area (Å²) >= 11 is 0. The molecule has 0 radical (unpaired) electrons. The van der Waals surface area contributed by atoms with Gasteiger partial charge in [0.1, 0.15) is 6.61 Å². The van der Waals surface area contributed by atoms with Crippen LogP contribution in [0.5, 0.6) is 0 Å². The number of amides is 1. The molecule has 0 saturated carbocycles. The second-order valence-corrected chi connectivity index (χ2v) is 5.23. The van der Waals surface area contributed by atoms with Crippen LogP contribution in [0.15, 0.2) is 30.3 Å². The number of hydrogen-bond donors (Lipinski definition) is 1. The van der Waals surface area contributed by atoms with Gasteiger partial charge < -0.3 is 14.7 Å². The summed E-state index contributed by atoms with van der Waals surface area (Å²) in [5.74, 6) is 0.0707. The normalized spacial score (nSPS) is 18.4. The minimum Gasteiger partial charge on any atom is -0.396 e. The molecule has 0 spiro atoms. The summed E-state index contributed by atoms with van der Waals surface area (Å²) in [5.41, 5.74) is 1.08. The van der Waals surface area contributed by atoms with Crippen LogP contribution in [0.2, 0.25) is 0 Å². The number of rotatable bonds is 7. The summed E-state index contributed by atoms with van der Waals surface area (Å²) in [7, 11) is 0. The van der Waals surface area contributed by atoms with Gasteiger partial charge in [-0.3, -0.25) is 4.79 Å². The highest BCUT2D eigenvalue weighted by Crippen LogP contribution is 2.21. The lowest BCUT2D eigenvalue weighted by Crippen LogP contribution is -2.38. The van der Waals surface area contributed by atoms with Gasteiger partial charge in [-0.05, 0) is 31.2 Å². The average molecular weight is 277 g/mol. The quantitative estimate of drug-likeness (QED) is 0.829. The molecule has 20 heavy (non-hydrogen) atoms. The number of likely N-dealkylation sites (tertiary alicyclic amines) is 1. The zero-order valence-electron chi connectivity index (χ0n) is 11.8. The molecule has 1 unspecified atom stereocenters. The van der Waals surface area contributed by atoms with Gasteiger partial charge in [-0.25, -0.2) is 0 Å². The Morgan fingerprint density at radius 1 is 1.35 bits per heavy atom. The van der Waals surface area contributed by atoms with Gasteiger partial charge in [-0.1, -0.05) is 30.3 Å². The molecule has 1 atom stereocenters. The van der Waals surface area contributed by atoms with E-state index in [9.17, 15) is 4.79 Å². The van der Waals surface area contributed by atoms with Crippen molar-refractivity contribution in [3.63, 3.8) is 0 Å². The minimum atomic E-state index is 0.0707. The third-order valence-corrected chi connectivity index (χ3v) is 3.73. The first kappa shape index (κ1) is 15.0. The van der Waals surface area contributed by atoms with Crippen molar-refractivity contribution >= 4 is 5.91 Å². The molecule has 0 aliphatic carbocycles. The summed E-state index contributed by atoms with van der Waals surface area (Å²) in [6, 6.07) is 10.2. The van der Waals surface area contributed by atoms with Crippen molar-refractivity contribution in [2.75, 3.05) is 19.8 Å². The van der Waals surface area contributed by atoms with Gasteiger partial charge in [0.2, 0.25) is 5.91 Å². The SMILES string of the molecule is O=C(COCc1ccccc1)N1CCCC1CCCO. The number of carbonyl (C=O) groups excluding carboxylic acids is 1. The van der Waals surface area contributed by atoms with Crippen LogP contribution in [-0.4, -0.2) is 41.7 Å². The number of aliphatic hydroxyl groups is 1. The zero-order chi connectivity index (χ0) is 14.2. The fraction of sp³-hybridized carbons (Fsp3) is 0.562. The molecule has 1 aromatic rings. The van der Waals surface area contributed by atoms with Crippen molar-refractivity contribution in [2.24, 2.45) is 0 Å². The maximum absolute atomic E-state index is 12.1. The Kier molecular flexibility index (Phi) is 6.02. The van der Waals surface area contributed by atoms with Crippen LogP contribution in [0.3, 0.4) is 0 Å². The molecule has 1 aliphatic rings. The van der Waals surface area contributed by atoms with Crippen LogP contribution >= 0.6 is 0 Å². The van der Waals surface area contributed by atoms with E-state index in [1.807, 2.05) is 35.2 Å². The molecule has 110 valence electrons. The summed E-state index contributed by atoms with van der Waals surface area (Å²) in [5, 5.41) is 8.89. The van der Waals surface area contributed by atoms with Crippen LogP contribution in [0, 0.1) is 0 Å². The molecule has 1 saturated heterocycles. The summed E-state index contributed by atoms with van der Waals surface area (Å²) < 4.78 is 5.51. The summed E-state index contributed by atoms with van der Waals surface area (Å²) in [4.78, 5) is 14.1. The number of nitrogens with zero attached hydrogens (tertiary/aromatic N) is 1. The fourth-order valence-electron chi connectivity index (χ4n) is 2.70. The summed E-state index contributed by atoms with van der Waals surface area (Å²) in [6.45, 7) is 1.64. The van der Waals surface area contributed by atoms with Gasteiger partial charge in [0.05, 0.1) is 6.61 Å². The lowest BCUT2D eigenvalue weighted by Gasteiger charge is -2.24. The first-order valence-corrected chi connectivity index (χ1v) is 7.33. The number of benzene rings is 1. The van der Waals surface area contributed by atoms with Crippen LogP contribution in [0.25, 0.3) is 0 Å². The second kappa shape index (κ2) is 8.02. The van der Waals surface area contributed by atoms with Gasteiger partial charge in [0.25, 0.3) is 0 Å². The predicted octanol–water partition coefficient (Wildman–Crippen LogP) is 1.97. The highest BCUT2D eigenvalue weighted by atomic mass is 16.5. The smallest absolute Gasteiger partial charge is 0.248 e. The number of carbonyl (C=O) groups is 1. The molecule has 4 heteroatoms. The second-order valence-electron chi connectivity index (χ2n) is 5.23. The number of hydrogen-bond acceptors (Lipinski definition) is 3. The average Bonchev–Trinajstić information content (AvgIpc) is 2.94. The van der Waals surface area contributed by atoms with Crippen LogP contribution in [0.4, 0.5) is 0 Å². The molecular weight excluding hydrogens is 254 g/mol. The van der Waals surface area contributed by atoms with Crippen molar-refractivity contribution in [3.05, 3.63) is 35.9 Å². The highest BCUT2D eigenvalue weighted by molar-refractivity contribution is 5.78. The largest absolute Gasteiger partial charge is 0.396 e. The Morgan fingerprint density at radius 2 is 2.15 bits per heavy atom. The molecule has 1 aliphatic heterocycles. The lowest BCUT2D eigenvalue weighted by atomic mass is 10.1. The molecule has 1 heterocycles. The van der Waals surface area contributed by atoms with Gasteiger partial charge in [0.15, 0.2) is 0 Å². The Hall–Kier alpha value is -1.39. The Labute approximate surface area is 120 Å². The Balaban J connectivity index is 1.73. The summed E-state index contributed by atoms with van der Waals surface area (Å²) in [6.07, 6.45) is 3.76. The van der Waals surface area contributed by atoms with E-state index in [0.717, 1.165) is 37.8 Å². The van der Waals surface area contributed by atoms with Crippen molar-refractivity contribution < 1.29 is 14.6 Å². The molecule has 0 bridgehead atoms. The molecule has 0 aromatic heterocycles. The van der Waals surface area contributed by atoms with Gasteiger partial charge >= 0.3 is 0 Å². The van der Waals surface area contributed by atoms with Crippen molar-refractivity contribution in [2.45, 2.75) is 38.3 Å². The zero-order valence-corrected chi connectivity index (χ0v) is 11.8. The molecule has 4 nitrogen and oxygen atoms in total. The first-order valence-electron chi connectivity index (χ1n) is 7.33. The van der Waals surface area contributed by atoms with Crippen LogP contribution in [-0.2, 0) is 16.1 Å². The fourth-order valence-corrected chi connectivity index (χ4v) is 2.70. The topological polar surface area (TPSA) is 49.8 Å². The third kappa shape index (κ3) is 4.32. The Bertz CT molecular complexity index is 407. The molecule has 1 aromatic carbocycles. The van der Waals surface area contributed by atoms with E-state index in [4.69, 9.17) is 9.84 Å². The first-order chi connectivity index (χ1) is 9.81. The van der Waals surface area contributed by atoms with Gasteiger partial charge in [-0.2, -0.15) is 0 Å². The predicted molar refractivity (Wildman–Crippen MR) is 77.2 cm³/mol. The lowest BCUT2D eigenvalue weighted by molar-refractivity contribution is -0.137. The van der Waals surface area contributed by atoms with Gasteiger partial charge in [0, 0.05) is 19.2 Å². The molecular formula is C16H23NO3. The molecule has 1 fully saturated rings. The van der Waals surface area contributed by atoms with E-state index in [-0.39, 0.29) is 25.2 Å².